The summed E-state index contributed by atoms with van der Waals surface area (Å²) in [6.07, 6.45) is 3.54. The third-order valence-electron chi connectivity index (χ3n) is 6.51. The summed E-state index contributed by atoms with van der Waals surface area (Å²) in [7, 11) is 0. The second-order valence-corrected chi connectivity index (χ2v) is 10.1. The molecule has 1 aliphatic rings. The number of carboxylic acid groups (broad SMARTS) is 1. The lowest BCUT2D eigenvalue weighted by Crippen LogP contribution is -2.52. The van der Waals surface area contributed by atoms with Gasteiger partial charge in [0.05, 0.1) is 0 Å². The van der Waals surface area contributed by atoms with Crippen LogP contribution in [0, 0.1) is 0 Å². The van der Waals surface area contributed by atoms with Crippen LogP contribution in [0.1, 0.15) is 6.92 Å². The number of benzene rings is 2. The zero-order valence-corrected chi connectivity index (χ0v) is 21.6. The standard InChI is InChI=1S/C28H30N6O2S/c1-21(19-32-15-17-33(18-16-32)28-29-13-8-14-30-28)34(20-24(35)36)27-25(22-9-4-2-5-10-22)31-26(37-27)23-11-6-3-7-12-23/h2-14,21H,15-20H2,1H3,(H,35,36). The molecule has 1 saturated heterocycles. The molecule has 0 amide bonds. The number of hydrogen-bond acceptors (Lipinski definition) is 8. The minimum absolute atomic E-state index is 0.0258. The van der Waals surface area contributed by atoms with Gasteiger partial charge in [0.15, 0.2) is 0 Å². The van der Waals surface area contributed by atoms with Gasteiger partial charge in [-0.1, -0.05) is 72.0 Å². The average molecular weight is 515 g/mol. The van der Waals surface area contributed by atoms with Crippen molar-refractivity contribution in [2.24, 2.45) is 0 Å². The lowest BCUT2D eigenvalue weighted by molar-refractivity contribution is -0.135. The minimum Gasteiger partial charge on any atom is -0.480 e. The predicted octanol–water partition coefficient (Wildman–Crippen LogP) is 4.37. The number of piperazine rings is 1. The fourth-order valence-corrected chi connectivity index (χ4v) is 5.82. The molecule has 5 rings (SSSR count). The summed E-state index contributed by atoms with van der Waals surface area (Å²) in [5, 5.41) is 11.6. The molecule has 0 bridgehead atoms. The Balaban J connectivity index is 1.39. The number of carbonyl (C=O) groups is 1. The van der Waals surface area contributed by atoms with Crippen molar-refractivity contribution in [2.75, 3.05) is 49.1 Å². The number of carboxylic acids is 1. The number of anilines is 2. The largest absolute Gasteiger partial charge is 0.480 e. The molecule has 190 valence electrons. The molecule has 1 atom stereocenters. The van der Waals surface area contributed by atoms with Gasteiger partial charge < -0.3 is 14.9 Å². The van der Waals surface area contributed by atoms with Gasteiger partial charge in [0.2, 0.25) is 5.95 Å². The Morgan fingerprint density at radius 1 is 0.946 bits per heavy atom. The van der Waals surface area contributed by atoms with E-state index in [1.54, 1.807) is 23.7 Å². The summed E-state index contributed by atoms with van der Waals surface area (Å²) < 4.78 is 0. The highest BCUT2D eigenvalue weighted by Gasteiger charge is 2.28. The van der Waals surface area contributed by atoms with Gasteiger partial charge in [-0.15, -0.1) is 0 Å². The van der Waals surface area contributed by atoms with E-state index in [0.29, 0.717) is 0 Å². The van der Waals surface area contributed by atoms with Crippen LogP contribution in [0.5, 0.6) is 0 Å². The normalized spacial score (nSPS) is 14.9. The Labute approximate surface area is 220 Å². The number of hydrogen-bond donors (Lipinski definition) is 1. The minimum atomic E-state index is -0.855. The molecule has 2 aromatic carbocycles. The number of nitrogens with zero attached hydrogens (tertiary/aromatic N) is 6. The maximum atomic E-state index is 12.0. The van der Waals surface area contributed by atoms with Crippen molar-refractivity contribution >= 4 is 28.3 Å². The Kier molecular flexibility index (Phi) is 7.72. The first-order chi connectivity index (χ1) is 18.1. The fourth-order valence-electron chi connectivity index (χ4n) is 4.63. The van der Waals surface area contributed by atoms with Gasteiger partial charge in [0, 0.05) is 62.3 Å². The van der Waals surface area contributed by atoms with Crippen molar-refractivity contribution in [3.05, 3.63) is 79.1 Å². The summed E-state index contributed by atoms with van der Waals surface area (Å²) in [6.45, 7) is 6.18. The molecular weight excluding hydrogens is 484 g/mol. The van der Waals surface area contributed by atoms with Crippen molar-refractivity contribution in [1.29, 1.82) is 0 Å². The van der Waals surface area contributed by atoms with Gasteiger partial charge in [-0.3, -0.25) is 9.69 Å². The second kappa shape index (κ2) is 11.5. The number of aromatic nitrogens is 3. The first kappa shape index (κ1) is 24.9. The van der Waals surface area contributed by atoms with Crippen LogP contribution >= 0.6 is 11.3 Å². The molecule has 1 fully saturated rings. The Hall–Kier alpha value is -3.82. The monoisotopic (exact) mass is 514 g/mol. The fraction of sp³-hybridized carbons (Fsp3) is 0.286. The SMILES string of the molecule is CC(CN1CCN(c2ncccn2)CC1)N(CC(=O)O)c1sc(-c2ccccc2)nc1-c1ccccc1. The van der Waals surface area contributed by atoms with Gasteiger partial charge in [-0.05, 0) is 13.0 Å². The predicted molar refractivity (Wildman–Crippen MR) is 148 cm³/mol. The lowest BCUT2D eigenvalue weighted by Gasteiger charge is -2.38. The van der Waals surface area contributed by atoms with Gasteiger partial charge >= 0.3 is 5.97 Å². The Morgan fingerprint density at radius 3 is 2.19 bits per heavy atom. The van der Waals surface area contributed by atoms with E-state index in [4.69, 9.17) is 4.98 Å². The van der Waals surface area contributed by atoms with Crippen molar-refractivity contribution in [1.82, 2.24) is 19.9 Å². The van der Waals surface area contributed by atoms with E-state index in [9.17, 15) is 9.90 Å². The summed E-state index contributed by atoms with van der Waals surface area (Å²) in [5.41, 5.74) is 2.83. The van der Waals surface area contributed by atoms with E-state index in [1.165, 1.54) is 0 Å². The van der Waals surface area contributed by atoms with Crippen LogP contribution in [0.3, 0.4) is 0 Å². The van der Waals surface area contributed by atoms with Gasteiger partial charge in [0.1, 0.15) is 22.2 Å². The van der Waals surface area contributed by atoms with Crippen LogP contribution in [0.25, 0.3) is 21.8 Å². The molecule has 0 radical (unpaired) electrons. The first-order valence-corrected chi connectivity index (χ1v) is 13.2. The second-order valence-electron chi connectivity index (χ2n) is 9.11. The molecule has 9 heteroatoms. The molecule has 0 spiro atoms. The first-order valence-electron chi connectivity index (χ1n) is 12.4. The van der Waals surface area contributed by atoms with Gasteiger partial charge in [-0.25, -0.2) is 15.0 Å². The molecular formula is C28H30N6O2S. The van der Waals surface area contributed by atoms with Crippen LogP contribution in [0.4, 0.5) is 10.9 Å². The number of thiazole rings is 1. The molecule has 37 heavy (non-hydrogen) atoms. The molecule has 8 nitrogen and oxygen atoms in total. The van der Waals surface area contributed by atoms with E-state index in [1.807, 2.05) is 71.6 Å². The van der Waals surface area contributed by atoms with E-state index >= 15 is 0 Å². The molecule has 1 N–H and O–H groups in total. The molecule has 4 aromatic rings. The molecule has 2 aromatic heterocycles. The van der Waals surface area contributed by atoms with Crippen LogP contribution in [0.15, 0.2) is 79.1 Å². The Morgan fingerprint density at radius 2 is 1.57 bits per heavy atom. The van der Waals surface area contributed by atoms with Crippen molar-refractivity contribution in [3.8, 4) is 21.8 Å². The Bertz CT molecular complexity index is 1290. The summed E-state index contributed by atoms with van der Waals surface area (Å²) in [6, 6.07) is 21.9. The van der Waals surface area contributed by atoms with E-state index in [2.05, 4.69) is 26.7 Å². The summed E-state index contributed by atoms with van der Waals surface area (Å²) in [4.78, 5) is 32.3. The molecule has 3 heterocycles. The highest BCUT2D eigenvalue weighted by atomic mass is 32.1. The van der Waals surface area contributed by atoms with Crippen molar-refractivity contribution in [3.63, 3.8) is 0 Å². The summed E-state index contributed by atoms with van der Waals surface area (Å²) in [5.74, 6) is -0.0973. The topological polar surface area (TPSA) is 85.7 Å². The maximum Gasteiger partial charge on any atom is 0.323 e. The van der Waals surface area contributed by atoms with Crippen LogP contribution in [-0.4, -0.2) is 76.2 Å². The maximum absolute atomic E-state index is 12.0. The summed E-state index contributed by atoms with van der Waals surface area (Å²) >= 11 is 1.55. The molecule has 0 saturated carbocycles. The third-order valence-corrected chi connectivity index (χ3v) is 7.65. The van der Waals surface area contributed by atoms with Crippen LogP contribution < -0.4 is 9.80 Å². The highest BCUT2D eigenvalue weighted by molar-refractivity contribution is 7.19. The van der Waals surface area contributed by atoms with E-state index < -0.39 is 5.97 Å². The van der Waals surface area contributed by atoms with E-state index in [-0.39, 0.29) is 12.6 Å². The van der Waals surface area contributed by atoms with E-state index in [0.717, 1.165) is 65.5 Å². The van der Waals surface area contributed by atoms with Crippen LogP contribution in [-0.2, 0) is 4.79 Å². The van der Waals surface area contributed by atoms with Crippen molar-refractivity contribution in [2.45, 2.75) is 13.0 Å². The molecule has 1 unspecified atom stereocenters. The third kappa shape index (κ3) is 5.95. The molecule has 1 aliphatic heterocycles. The van der Waals surface area contributed by atoms with Crippen molar-refractivity contribution < 1.29 is 9.90 Å². The zero-order chi connectivity index (χ0) is 25.6. The lowest BCUT2D eigenvalue weighted by atomic mass is 10.1. The zero-order valence-electron chi connectivity index (χ0n) is 20.8. The average Bonchev–Trinajstić information content (AvgIpc) is 3.39. The quantitative estimate of drug-likeness (QED) is 0.353. The number of rotatable bonds is 9. The van der Waals surface area contributed by atoms with Crippen LogP contribution in [0.2, 0.25) is 0 Å². The highest BCUT2D eigenvalue weighted by Crippen LogP contribution is 2.41. The smallest absolute Gasteiger partial charge is 0.323 e. The van der Waals surface area contributed by atoms with Gasteiger partial charge in [-0.2, -0.15) is 0 Å². The molecule has 0 aliphatic carbocycles. The van der Waals surface area contributed by atoms with Gasteiger partial charge in [0.25, 0.3) is 0 Å². The number of aliphatic carboxylic acids is 1.